The molecule has 0 aliphatic heterocycles. The van der Waals surface area contributed by atoms with Gasteiger partial charge in [0.15, 0.2) is 5.82 Å². The number of nitrogens with zero attached hydrogens (tertiary/aromatic N) is 2. The fraction of sp³-hybridized carbons (Fsp3) is 0.545. The van der Waals surface area contributed by atoms with Crippen molar-refractivity contribution >= 4 is 11.8 Å². The number of aromatic nitrogens is 2. The molecule has 1 aromatic rings. The largest absolute Gasteiger partial charge is 0.478 e. The van der Waals surface area contributed by atoms with Crippen molar-refractivity contribution in [2.45, 2.75) is 32.2 Å². The molecular formula is C11H17N3O3. The van der Waals surface area contributed by atoms with Gasteiger partial charge in [-0.05, 0) is 25.8 Å². The highest BCUT2D eigenvalue weighted by molar-refractivity contribution is 5.92. The number of carboxylic acid groups (broad SMARTS) is 1. The molecule has 0 bridgehead atoms. The highest BCUT2D eigenvalue weighted by atomic mass is 16.4. The lowest BCUT2D eigenvalue weighted by molar-refractivity contribution is 0.0697. The number of aromatic carboxylic acids is 1. The van der Waals surface area contributed by atoms with Crippen molar-refractivity contribution in [3.63, 3.8) is 0 Å². The first kappa shape index (κ1) is 13.4. The summed E-state index contributed by atoms with van der Waals surface area (Å²) in [5.41, 5.74) is -0.313. The third-order valence-corrected chi connectivity index (χ3v) is 2.82. The van der Waals surface area contributed by atoms with Crippen LogP contribution in [0.2, 0.25) is 0 Å². The average Bonchev–Trinajstić information content (AvgIpc) is 2.29. The third kappa shape index (κ3) is 3.39. The summed E-state index contributed by atoms with van der Waals surface area (Å²) in [4.78, 5) is 11.0. The van der Waals surface area contributed by atoms with Crippen LogP contribution < -0.4 is 5.32 Å². The fourth-order valence-electron chi connectivity index (χ4n) is 1.46. The predicted molar refractivity (Wildman–Crippen MR) is 63.0 cm³/mol. The summed E-state index contributed by atoms with van der Waals surface area (Å²) in [5.74, 6) is -0.817. The van der Waals surface area contributed by atoms with Crippen molar-refractivity contribution in [2.24, 2.45) is 0 Å². The van der Waals surface area contributed by atoms with Crippen LogP contribution in [0.4, 0.5) is 5.82 Å². The molecule has 0 aliphatic rings. The van der Waals surface area contributed by atoms with E-state index in [-0.39, 0.29) is 18.0 Å². The van der Waals surface area contributed by atoms with E-state index in [1.165, 1.54) is 12.3 Å². The zero-order valence-corrected chi connectivity index (χ0v) is 9.97. The van der Waals surface area contributed by atoms with Crippen molar-refractivity contribution < 1.29 is 15.0 Å². The van der Waals surface area contributed by atoms with Crippen LogP contribution in [0.3, 0.4) is 0 Å². The number of carboxylic acids is 1. The molecule has 0 saturated carbocycles. The highest BCUT2D eigenvalue weighted by Crippen LogP contribution is 2.22. The van der Waals surface area contributed by atoms with Crippen molar-refractivity contribution in [1.82, 2.24) is 10.2 Å². The number of hydrogen-bond donors (Lipinski definition) is 3. The summed E-state index contributed by atoms with van der Waals surface area (Å²) in [7, 11) is 0. The van der Waals surface area contributed by atoms with Gasteiger partial charge in [0.05, 0.1) is 6.20 Å². The van der Waals surface area contributed by atoms with E-state index < -0.39 is 11.5 Å². The fourth-order valence-corrected chi connectivity index (χ4v) is 1.46. The quantitative estimate of drug-likeness (QED) is 0.689. The summed E-state index contributed by atoms with van der Waals surface area (Å²) in [6, 6.07) is 1.40. The van der Waals surface area contributed by atoms with Gasteiger partial charge in [0.25, 0.3) is 0 Å². The van der Waals surface area contributed by atoms with Crippen molar-refractivity contribution in [3.05, 3.63) is 17.8 Å². The van der Waals surface area contributed by atoms with Crippen molar-refractivity contribution in [1.29, 1.82) is 0 Å². The Morgan fingerprint density at radius 1 is 1.59 bits per heavy atom. The minimum Gasteiger partial charge on any atom is -0.478 e. The van der Waals surface area contributed by atoms with E-state index in [4.69, 9.17) is 10.2 Å². The maximum absolute atomic E-state index is 11.0. The molecule has 0 radical (unpaired) electrons. The Morgan fingerprint density at radius 3 is 2.82 bits per heavy atom. The lowest BCUT2D eigenvalue weighted by Gasteiger charge is -2.29. The van der Waals surface area contributed by atoms with Crippen LogP contribution in [0.15, 0.2) is 12.3 Å². The molecule has 17 heavy (non-hydrogen) atoms. The van der Waals surface area contributed by atoms with E-state index >= 15 is 0 Å². The van der Waals surface area contributed by atoms with Crippen LogP contribution in [0, 0.1) is 0 Å². The van der Waals surface area contributed by atoms with Crippen LogP contribution >= 0.6 is 0 Å². The Kier molecular flexibility index (Phi) is 4.39. The number of nitrogens with one attached hydrogen (secondary N) is 1. The normalized spacial score (nSPS) is 14.1. The minimum atomic E-state index is -1.05. The Balaban J connectivity index is 2.97. The summed E-state index contributed by atoms with van der Waals surface area (Å²) in [6.07, 6.45) is 2.59. The molecule has 1 heterocycles. The van der Waals surface area contributed by atoms with Crippen molar-refractivity contribution in [3.8, 4) is 0 Å². The van der Waals surface area contributed by atoms with Gasteiger partial charge in [-0.3, -0.25) is 0 Å². The first-order chi connectivity index (χ1) is 8.02. The van der Waals surface area contributed by atoms with E-state index in [0.29, 0.717) is 6.42 Å². The Bertz CT molecular complexity index is 397. The number of anilines is 1. The number of aliphatic hydroxyl groups is 1. The third-order valence-electron chi connectivity index (χ3n) is 2.82. The number of hydrogen-bond acceptors (Lipinski definition) is 5. The van der Waals surface area contributed by atoms with Crippen molar-refractivity contribution in [2.75, 3.05) is 11.9 Å². The molecule has 0 fully saturated rings. The van der Waals surface area contributed by atoms with Crippen LogP contribution in [0.5, 0.6) is 0 Å². The summed E-state index contributed by atoms with van der Waals surface area (Å²) < 4.78 is 0. The second-order valence-corrected chi connectivity index (χ2v) is 4.11. The number of rotatable bonds is 6. The second-order valence-electron chi connectivity index (χ2n) is 4.11. The number of aliphatic hydroxyl groups excluding tert-OH is 1. The second kappa shape index (κ2) is 5.58. The molecular weight excluding hydrogens is 222 g/mol. The number of carbonyl (C=O) groups is 1. The molecule has 6 heteroatoms. The molecule has 1 atom stereocenters. The Labute approximate surface area is 99.7 Å². The van der Waals surface area contributed by atoms with Crippen LogP contribution in [0.1, 0.15) is 37.0 Å². The van der Waals surface area contributed by atoms with Gasteiger partial charge in [0.2, 0.25) is 0 Å². The molecule has 3 N–H and O–H groups in total. The molecule has 1 rings (SSSR count). The molecule has 0 spiro atoms. The molecule has 6 nitrogen and oxygen atoms in total. The zero-order chi connectivity index (χ0) is 12.9. The van der Waals surface area contributed by atoms with E-state index in [9.17, 15) is 4.79 Å². The van der Waals surface area contributed by atoms with Crippen LogP contribution in [0.25, 0.3) is 0 Å². The topological polar surface area (TPSA) is 95.3 Å². The highest BCUT2D eigenvalue weighted by Gasteiger charge is 2.24. The van der Waals surface area contributed by atoms with Gasteiger partial charge in [-0.2, -0.15) is 5.10 Å². The molecule has 0 amide bonds. The van der Waals surface area contributed by atoms with Gasteiger partial charge in [0, 0.05) is 12.1 Å². The van der Waals surface area contributed by atoms with Gasteiger partial charge in [0.1, 0.15) is 5.56 Å². The van der Waals surface area contributed by atoms with Crippen LogP contribution in [-0.2, 0) is 0 Å². The lowest BCUT2D eigenvalue weighted by Crippen LogP contribution is -2.36. The molecule has 0 aromatic carbocycles. The van der Waals surface area contributed by atoms with Gasteiger partial charge < -0.3 is 15.5 Å². The smallest absolute Gasteiger partial charge is 0.339 e. The molecule has 0 aliphatic carbocycles. The van der Waals surface area contributed by atoms with E-state index in [1.54, 1.807) is 0 Å². The Hall–Kier alpha value is -1.69. The first-order valence-corrected chi connectivity index (χ1v) is 5.46. The lowest BCUT2D eigenvalue weighted by atomic mass is 9.94. The summed E-state index contributed by atoms with van der Waals surface area (Å²) >= 11 is 0. The molecule has 94 valence electrons. The van der Waals surface area contributed by atoms with Crippen LogP contribution in [-0.4, -0.2) is 38.5 Å². The first-order valence-electron chi connectivity index (χ1n) is 5.46. The maximum Gasteiger partial charge on any atom is 0.339 e. The monoisotopic (exact) mass is 239 g/mol. The van der Waals surface area contributed by atoms with E-state index in [2.05, 4.69) is 15.5 Å². The van der Waals surface area contributed by atoms with Gasteiger partial charge in [-0.1, -0.05) is 6.92 Å². The van der Waals surface area contributed by atoms with E-state index in [0.717, 1.165) is 6.42 Å². The zero-order valence-electron chi connectivity index (χ0n) is 9.97. The maximum atomic E-state index is 11.0. The Morgan fingerprint density at radius 2 is 2.29 bits per heavy atom. The van der Waals surface area contributed by atoms with Gasteiger partial charge in [-0.25, -0.2) is 4.79 Å². The van der Waals surface area contributed by atoms with E-state index in [1.807, 2.05) is 13.8 Å². The summed E-state index contributed by atoms with van der Waals surface area (Å²) in [6.45, 7) is 3.89. The molecule has 0 saturated heterocycles. The molecule has 1 unspecified atom stereocenters. The SMILES string of the molecule is CCC(C)(CCO)Nc1nnccc1C(=O)O. The minimum absolute atomic E-state index is 0.0278. The van der Waals surface area contributed by atoms with Gasteiger partial charge >= 0.3 is 5.97 Å². The van der Waals surface area contributed by atoms with Gasteiger partial charge in [-0.15, -0.1) is 5.10 Å². The average molecular weight is 239 g/mol. The standard InChI is InChI=1S/C11H17N3O3/c1-3-11(2,5-7-15)13-9-8(10(16)17)4-6-12-14-9/h4,6,15H,3,5,7H2,1-2H3,(H,13,14)(H,16,17). The molecule has 1 aromatic heterocycles. The predicted octanol–water partition coefficient (Wildman–Crippen LogP) is 1.14. The summed E-state index contributed by atoms with van der Waals surface area (Å²) in [5, 5.41) is 28.5.